The van der Waals surface area contributed by atoms with Gasteiger partial charge in [0, 0.05) is 6.42 Å². The zero-order valence-corrected chi connectivity index (χ0v) is 15.9. The van der Waals surface area contributed by atoms with E-state index in [1.165, 1.54) is 0 Å². The lowest BCUT2D eigenvalue weighted by atomic mass is 9.94. The molecule has 2 heterocycles. The van der Waals surface area contributed by atoms with Gasteiger partial charge in [0.2, 0.25) is 0 Å². The summed E-state index contributed by atoms with van der Waals surface area (Å²) in [6, 6.07) is 9.95. The van der Waals surface area contributed by atoms with Crippen LogP contribution in [0.2, 0.25) is 0 Å². The van der Waals surface area contributed by atoms with Crippen LogP contribution in [-0.2, 0) is 25.6 Å². The van der Waals surface area contributed by atoms with Crippen molar-refractivity contribution < 1.29 is 24.1 Å². The highest BCUT2D eigenvalue weighted by Gasteiger charge is 2.50. The van der Waals surface area contributed by atoms with E-state index >= 15 is 0 Å². The van der Waals surface area contributed by atoms with Gasteiger partial charge in [-0.2, -0.15) is 0 Å². The monoisotopic (exact) mass is 362 g/mol. The van der Waals surface area contributed by atoms with E-state index in [0.717, 1.165) is 5.56 Å². The average molecular weight is 362 g/mol. The number of hydrogen-bond donors (Lipinski definition) is 1. The van der Waals surface area contributed by atoms with Gasteiger partial charge < -0.3 is 24.1 Å². The third-order valence-corrected chi connectivity index (χ3v) is 4.97. The number of hydrogen-bond acceptors (Lipinski definition) is 5. The SMILES string of the molecule is C=CC[C@@H]1OC(C[C@]2(C)COC(C)(C)O2)[C@H](OCc2ccccc2)[C@H]1O. The number of aliphatic hydroxyl groups is 1. The number of aliphatic hydroxyl groups excluding tert-OH is 1. The van der Waals surface area contributed by atoms with Crippen LogP contribution in [0.3, 0.4) is 0 Å². The van der Waals surface area contributed by atoms with Crippen molar-refractivity contribution in [2.24, 2.45) is 0 Å². The molecule has 2 aliphatic heterocycles. The van der Waals surface area contributed by atoms with Gasteiger partial charge in [-0.3, -0.25) is 0 Å². The summed E-state index contributed by atoms with van der Waals surface area (Å²) < 4.78 is 24.0. The Balaban J connectivity index is 1.69. The highest BCUT2D eigenvalue weighted by molar-refractivity contribution is 5.13. The van der Waals surface area contributed by atoms with E-state index in [1.54, 1.807) is 6.08 Å². The van der Waals surface area contributed by atoms with Crippen molar-refractivity contribution in [1.29, 1.82) is 0 Å². The molecule has 0 amide bonds. The molecular weight excluding hydrogens is 332 g/mol. The molecule has 1 aromatic rings. The van der Waals surface area contributed by atoms with Gasteiger partial charge in [-0.15, -0.1) is 6.58 Å². The molecule has 2 aliphatic rings. The summed E-state index contributed by atoms with van der Waals surface area (Å²) in [5.74, 6) is -0.604. The van der Waals surface area contributed by atoms with Crippen molar-refractivity contribution in [1.82, 2.24) is 0 Å². The standard InChI is InChI=1S/C21H30O5/c1-5-9-16-18(22)19(23-13-15-10-7-6-8-11-15)17(25-16)12-21(4)14-24-20(2,3)26-21/h5-8,10-11,16-19,22H,1,9,12-14H2,2-4H3/t16-,17?,18-,19-,21+/m0/s1. The first-order chi connectivity index (χ1) is 12.3. The molecule has 0 aromatic heterocycles. The Morgan fingerprint density at radius 1 is 1.23 bits per heavy atom. The molecule has 5 atom stereocenters. The van der Waals surface area contributed by atoms with Gasteiger partial charge in [0.15, 0.2) is 5.79 Å². The van der Waals surface area contributed by atoms with Crippen molar-refractivity contribution in [3.05, 3.63) is 48.6 Å². The third-order valence-electron chi connectivity index (χ3n) is 4.97. The summed E-state index contributed by atoms with van der Waals surface area (Å²) in [7, 11) is 0. The van der Waals surface area contributed by atoms with Crippen LogP contribution in [0, 0.1) is 0 Å². The maximum absolute atomic E-state index is 10.7. The molecule has 0 radical (unpaired) electrons. The highest BCUT2D eigenvalue weighted by atomic mass is 16.8. The van der Waals surface area contributed by atoms with Gasteiger partial charge >= 0.3 is 0 Å². The predicted molar refractivity (Wildman–Crippen MR) is 98.6 cm³/mol. The normalized spacial score (nSPS) is 36.3. The van der Waals surface area contributed by atoms with Crippen LogP contribution in [-0.4, -0.2) is 47.5 Å². The van der Waals surface area contributed by atoms with Crippen molar-refractivity contribution in [2.75, 3.05) is 6.61 Å². The fourth-order valence-corrected chi connectivity index (χ4v) is 3.81. The molecule has 3 rings (SSSR count). The molecule has 0 aliphatic carbocycles. The Kier molecular flexibility index (Phi) is 5.85. The molecule has 2 saturated heterocycles. The van der Waals surface area contributed by atoms with Crippen LogP contribution in [0.25, 0.3) is 0 Å². The minimum atomic E-state index is -0.694. The van der Waals surface area contributed by atoms with E-state index in [9.17, 15) is 5.11 Å². The first-order valence-corrected chi connectivity index (χ1v) is 9.26. The summed E-state index contributed by atoms with van der Waals surface area (Å²) in [6.07, 6.45) is 1.27. The van der Waals surface area contributed by atoms with E-state index in [4.69, 9.17) is 18.9 Å². The van der Waals surface area contributed by atoms with Crippen molar-refractivity contribution in [3.63, 3.8) is 0 Å². The Bertz CT molecular complexity index is 602. The number of benzene rings is 1. The summed E-state index contributed by atoms with van der Waals surface area (Å²) >= 11 is 0. The Labute approximate surface area is 155 Å². The van der Waals surface area contributed by atoms with Gasteiger partial charge in [0.05, 0.1) is 31.0 Å². The van der Waals surface area contributed by atoms with Gasteiger partial charge in [-0.25, -0.2) is 0 Å². The van der Waals surface area contributed by atoms with Crippen LogP contribution in [0.4, 0.5) is 0 Å². The van der Waals surface area contributed by atoms with E-state index in [1.807, 2.05) is 51.1 Å². The largest absolute Gasteiger partial charge is 0.388 e. The number of ether oxygens (including phenoxy) is 4. The van der Waals surface area contributed by atoms with Crippen molar-refractivity contribution in [2.45, 2.75) is 76.0 Å². The zero-order valence-electron chi connectivity index (χ0n) is 15.9. The smallest absolute Gasteiger partial charge is 0.163 e. The maximum atomic E-state index is 10.7. The van der Waals surface area contributed by atoms with E-state index < -0.39 is 23.6 Å². The van der Waals surface area contributed by atoms with Crippen LogP contribution in [0.5, 0.6) is 0 Å². The molecule has 2 fully saturated rings. The quantitative estimate of drug-likeness (QED) is 0.755. The zero-order chi connectivity index (χ0) is 18.8. The Morgan fingerprint density at radius 3 is 2.58 bits per heavy atom. The molecule has 26 heavy (non-hydrogen) atoms. The fraction of sp³-hybridized carbons (Fsp3) is 0.619. The first-order valence-electron chi connectivity index (χ1n) is 9.26. The number of rotatable bonds is 7. The molecular formula is C21H30O5. The lowest BCUT2D eigenvalue weighted by Gasteiger charge is -2.30. The maximum Gasteiger partial charge on any atom is 0.163 e. The molecule has 5 heteroatoms. The van der Waals surface area contributed by atoms with Crippen LogP contribution >= 0.6 is 0 Å². The molecule has 0 saturated carbocycles. The van der Waals surface area contributed by atoms with Crippen LogP contribution < -0.4 is 0 Å². The van der Waals surface area contributed by atoms with Crippen molar-refractivity contribution in [3.8, 4) is 0 Å². The van der Waals surface area contributed by atoms with Gasteiger partial charge in [0.1, 0.15) is 12.2 Å². The minimum absolute atomic E-state index is 0.263. The highest BCUT2D eigenvalue weighted by Crippen LogP contribution is 2.38. The van der Waals surface area contributed by atoms with Gasteiger partial charge in [-0.1, -0.05) is 36.4 Å². The predicted octanol–water partition coefficient (Wildman–Crippen LogP) is 3.21. The summed E-state index contributed by atoms with van der Waals surface area (Å²) in [4.78, 5) is 0. The summed E-state index contributed by atoms with van der Waals surface area (Å²) in [5, 5.41) is 10.7. The van der Waals surface area contributed by atoms with E-state index in [-0.39, 0.29) is 12.2 Å². The van der Waals surface area contributed by atoms with Crippen LogP contribution in [0.15, 0.2) is 43.0 Å². The van der Waals surface area contributed by atoms with Gasteiger partial charge in [-0.05, 0) is 32.8 Å². The minimum Gasteiger partial charge on any atom is -0.388 e. The van der Waals surface area contributed by atoms with Crippen molar-refractivity contribution >= 4 is 0 Å². The molecule has 0 spiro atoms. The van der Waals surface area contributed by atoms with E-state index in [0.29, 0.717) is 26.1 Å². The molecule has 5 nitrogen and oxygen atoms in total. The molecule has 1 N–H and O–H groups in total. The second-order valence-electron chi connectivity index (χ2n) is 7.93. The topological polar surface area (TPSA) is 57.2 Å². The van der Waals surface area contributed by atoms with E-state index in [2.05, 4.69) is 6.58 Å². The summed E-state index contributed by atoms with van der Waals surface area (Å²) in [6.45, 7) is 10.5. The lowest BCUT2D eigenvalue weighted by molar-refractivity contribution is -0.167. The fourth-order valence-electron chi connectivity index (χ4n) is 3.81. The van der Waals surface area contributed by atoms with Crippen LogP contribution in [0.1, 0.15) is 39.2 Å². The first kappa shape index (κ1) is 19.5. The second-order valence-corrected chi connectivity index (χ2v) is 7.93. The molecule has 0 bridgehead atoms. The molecule has 144 valence electrons. The third kappa shape index (κ3) is 4.53. The molecule has 1 aromatic carbocycles. The average Bonchev–Trinajstić information content (AvgIpc) is 3.03. The lowest BCUT2D eigenvalue weighted by Crippen LogP contribution is -2.41. The Morgan fingerprint density at radius 2 is 1.96 bits per heavy atom. The molecule has 1 unspecified atom stereocenters. The summed E-state index contributed by atoms with van der Waals surface area (Å²) in [5.41, 5.74) is 0.601. The second kappa shape index (κ2) is 7.79. The van der Waals surface area contributed by atoms with Gasteiger partial charge in [0.25, 0.3) is 0 Å². The Hall–Kier alpha value is -1.24.